The Morgan fingerprint density at radius 2 is 0.807 bits per heavy atom. The van der Waals surface area contributed by atoms with Crippen molar-refractivity contribution in [3.63, 3.8) is 0 Å². The lowest BCUT2D eigenvalue weighted by molar-refractivity contribution is 0.658. The van der Waals surface area contributed by atoms with Crippen LogP contribution in [0.25, 0.3) is 112 Å². The number of nitrogens with zero attached hydrogens (tertiary/aromatic N) is 4. The minimum absolute atomic E-state index is 0.0112. The molecule has 2 atom stereocenters. The molecule has 88 heavy (non-hydrogen) atoms. The highest BCUT2D eigenvalue weighted by Gasteiger charge is 2.38. The predicted octanol–water partition coefficient (Wildman–Crippen LogP) is 20.7. The van der Waals surface area contributed by atoms with Crippen LogP contribution in [0.2, 0.25) is 0 Å². The molecule has 18 rings (SSSR count). The van der Waals surface area contributed by atoms with Crippen molar-refractivity contribution in [2.75, 3.05) is 10.6 Å². The molecule has 0 spiro atoms. The van der Waals surface area contributed by atoms with Gasteiger partial charge in [-0.15, -0.1) is 0 Å². The summed E-state index contributed by atoms with van der Waals surface area (Å²) in [7, 11) is 0. The first-order valence-electron chi connectivity index (χ1n) is 30.7. The van der Waals surface area contributed by atoms with E-state index in [-0.39, 0.29) is 22.9 Å². The van der Waals surface area contributed by atoms with Crippen LogP contribution in [0.4, 0.5) is 11.4 Å². The topological polar surface area (TPSA) is 59.7 Å². The average Bonchev–Trinajstić information content (AvgIpc) is 1.61. The van der Waals surface area contributed by atoms with Crippen LogP contribution >= 0.6 is 0 Å². The molecule has 14 aromatic rings. The Bertz CT molecular complexity index is 5010. The molecule has 4 aliphatic rings. The molecule has 6 nitrogen and oxygen atoms in total. The van der Waals surface area contributed by atoms with E-state index in [2.05, 4.69) is 302 Å². The van der Waals surface area contributed by atoms with Gasteiger partial charge in [-0.1, -0.05) is 276 Å². The Morgan fingerprint density at radius 1 is 0.364 bits per heavy atom. The molecule has 11 aromatic carbocycles. The summed E-state index contributed by atoms with van der Waals surface area (Å²) in [5.41, 5.74) is 27.1. The maximum Gasteiger partial charge on any atom is 0.162 e. The summed E-state index contributed by atoms with van der Waals surface area (Å²) < 4.78 is 4.74. The van der Waals surface area contributed by atoms with Crippen LogP contribution in [0.15, 0.2) is 267 Å². The van der Waals surface area contributed by atoms with Crippen LogP contribution in [0.1, 0.15) is 84.3 Å². The van der Waals surface area contributed by atoms with Crippen LogP contribution in [-0.4, -0.2) is 19.1 Å². The number of hydrogen-bond donors (Lipinski definition) is 2. The normalized spacial score (nSPS) is 16.0. The third-order valence-electron chi connectivity index (χ3n) is 19.3. The second-order valence-corrected chi connectivity index (χ2v) is 25.0. The molecular formula is C82H62N6. The standard InChI is InChI=1S/C42H36N2.C40H26N4/c1-41(2)33-11-7-5-9-29(33)31-19-15-27(23-35(31)41)37-21-17-25-13-14-26-18-22-38(44-40(26)39(25)43-37)28-16-20-32-30-10-6-8-12-34(30)42(3,4)36(32)24-28;1-4-14-27(15-5-1)34-26-37(42-40(41-34)28-16-6-2-7-17-28)44-36-23-13-11-21-31(36)33-25-24-32-30-20-10-12-22-35(30)43(38(32)39(33)44)29-18-8-3-9-19-29/h5-24,37-38,43-44H,1-4H3;1-26H. The number of para-hydroxylation sites is 3. The second-order valence-electron chi connectivity index (χ2n) is 25.0. The summed E-state index contributed by atoms with van der Waals surface area (Å²) in [4.78, 5) is 10.4. The number of nitrogens with one attached hydrogen (secondary N) is 2. The molecule has 2 N–H and O–H groups in total. The molecule has 2 aliphatic carbocycles. The van der Waals surface area contributed by atoms with E-state index < -0.39 is 0 Å². The molecule has 420 valence electrons. The lowest BCUT2D eigenvalue weighted by Crippen LogP contribution is -2.20. The molecule has 0 amide bonds. The molecule has 0 bridgehead atoms. The molecule has 2 aliphatic heterocycles. The molecular weight excluding hydrogens is 1070 g/mol. The molecule has 0 radical (unpaired) electrons. The number of benzene rings is 11. The lowest BCUT2D eigenvalue weighted by Gasteiger charge is -2.31. The number of rotatable bonds is 6. The van der Waals surface area contributed by atoms with E-state index >= 15 is 0 Å². The number of anilines is 2. The van der Waals surface area contributed by atoms with Crippen LogP contribution < -0.4 is 10.6 Å². The maximum absolute atomic E-state index is 5.28. The predicted molar refractivity (Wildman–Crippen MR) is 367 cm³/mol. The van der Waals surface area contributed by atoms with E-state index in [1.807, 2.05) is 24.3 Å². The van der Waals surface area contributed by atoms with E-state index in [0.717, 1.165) is 44.9 Å². The van der Waals surface area contributed by atoms with E-state index in [1.165, 1.54) is 105 Å². The third-order valence-corrected chi connectivity index (χ3v) is 19.3. The number of fused-ring (bicyclic) bond motifs is 16. The first-order chi connectivity index (χ1) is 43.2. The van der Waals surface area contributed by atoms with Gasteiger partial charge in [0.15, 0.2) is 5.82 Å². The number of hydrogen-bond acceptors (Lipinski definition) is 4. The second kappa shape index (κ2) is 19.9. The van der Waals surface area contributed by atoms with Gasteiger partial charge in [0.05, 0.1) is 51.2 Å². The van der Waals surface area contributed by atoms with Crippen LogP contribution in [-0.2, 0) is 10.8 Å². The van der Waals surface area contributed by atoms with Gasteiger partial charge < -0.3 is 15.2 Å². The van der Waals surface area contributed by atoms with Gasteiger partial charge in [-0.05, 0) is 91.0 Å². The maximum atomic E-state index is 5.28. The highest BCUT2D eigenvalue weighted by Crippen LogP contribution is 2.52. The Balaban J connectivity index is 0.000000137. The van der Waals surface area contributed by atoms with Gasteiger partial charge in [-0.25, -0.2) is 9.97 Å². The van der Waals surface area contributed by atoms with Crippen molar-refractivity contribution in [3.05, 3.63) is 311 Å². The molecule has 0 saturated carbocycles. The molecule has 0 fully saturated rings. The van der Waals surface area contributed by atoms with Gasteiger partial charge in [-0.3, -0.25) is 4.57 Å². The SMILES string of the molecule is CC1(C)c2ccccc2-c2ccc(C3C=Cc4ccc5c(c4N3)NC(c3ccc4c(c3)C(C)(C)c3ccccc3-4)C=C5)cc21.c1ccc(-c2cc(-n3c4ccccc4c4ccc5c6ccccc6n(-c6ccccc6)c5c43)nc(-c3ccccc3)n2)cc1. The monoisotopic (exact) mass is 1130 g/mol. The van der Waals surface area contributed by atoms with Gasteiger partial charge in [0.2, 0.25) is 0 Å². The minimum Gasteiger partial charge on any atom is -0.373 e. The zero-order valence-corrected chi connectivity index (χ0v) is 49.5. The van der Waals surface area contributed by atoms with Gasteiger partial charge >= 0.3 is 0 Å². The van der Waals surface area contributed by atoms with E-state index in [0.29, 0.717) is 5.82 Å². The Morgan fingerprint density at radius 3 is 1.35 bits per heavy atom. The Kier molecular flexibility index (Phi) is 11.7. The van der Waals surface area contributed by atoms with E-state index in [4.69, 9.17) is 9.97 Å². The van der Waals surface area contributed by atoms with Crippen molar-refractivity contribution in [1.29, 1.82) is 0 Å². The van der Waals surface area contributed by atoms with E-state index in [9.17, 15) is 0 Å². The van der Waals surface area contributed by atoms with Crippen LogP contribution in [0.3, 0.4) is 0 Å². The van der Waals surface area contributed by atoms with Gasteiger partial charge in [0.25, 0.3) is 0 Å². The summed E-state index contributed by atoms with van der Waals surface area (Å²) in [6.07, 6.45) is 9.19. The van der Waals surface area contributed by atoms with Gasteiger partial charge in [0, 0.05) is 55.3 Å². The summed E-state index contributed by atoms with van der Waals surface area (Å²) in [5.74, 6) is 1.53. The zero-order valence-electron chi connectivity index (χ0n) is 49.5. The molecule has 0 saturated heterocycles. The molecule has 5 heterocycles. The first kappa shape index (κ1) is 51.6. The fourth-order valence-corrected chi connectivity index (χ4v) is 14.9. The summed E-state index contributed by atoms with van der Waals surface area (Å²) in [6, 6.07) is 91.8. The van der Waals surface area contributed by atoms with Crippen molar-refractivity contribution in [2.24, 2.45) is 0 Å². The van der Waals surface area contributed by atoms with Gasteiger partial charge in [-0.2, -0.15) is 0 Å². The summed E-state index contributed by atoms with van der Waals surface area (Å²) in [6.45, 7) is 9.41. The van der Waals surface area contributed by atoms with Crippen molar-refractivity contribution in [2.45, 2.75) is 50.6 Å². The smallest absolute Gasteiger partial charge is 0.162 e. The fraction of sp³-hybridized carbons (Fsp3) is 0.0976. The number of aromatic nitrogens is 4. The highest BCUT2D eigenvalue weighted by atomic mass is 15.1. The average molecular weight is 1130 g/mol. The molecule has 2 unspecified atom stereocenters. The largest absolute Gasteiger partial charge is 0.373 e. The van der Waals surface area contributed by atoms with Crippen molar-refractivity contribution >= 4 is 67.1 Å². The zero-order chi connectivity index (χ0) is 58.8. The summed E-state index contributed by atoms with van der Waals surface area (Å²) >= 11 is 0. The first-order valence-corrected chi connectivity index (χ1v) is 30.7. The van der Waals surface area contributed by atoms with Crippen molar-refractivity contribution in [3.8, 4) is 56.4 Å². The quantitative estimate of drug-likeness (QED) is 0.174. The Labute approximate surface area is 512 Å². The lowest BCUT2D eigenvalue weighted by atomic mass is 9.81. The van der Waals surface area contributed by atoms with Crippen LogP contribution in [0.5, 0.6) is 0 Å². The molecule has 3 aromatic heterocycles. The van der Waals surface area contributed by atoms with E-state index in [1.54, 1.807) is 0 Å². The summed E-state index contributed by atoms with van der Waals surface area (Å²) in [5, 5.41) is 12.7. The van der Waals surface area contributed by atoms with Crippen molar-refractivity contribution < 1.29 is 0 Å². The van der Waals surface area contributed by atoms with Crippen molar-refractivity contribution in [1.82, 2.24) is 19.1 Å². The minimum atomic E-state index is -0.0112. The fourth-order valence-electron chi connectivity index (χ4n) is 14.9. The van der Waals surface area contributed by atoms with Gasteiger partial charge in [0.1, 0.15) is 5.82 Å². The molecule has 6 heteroatoms. The Hall–Kier alpha value is -10.8. The highest BCUT2D eigenvalue weighted by molar-refractivity contribution is 6.23. The third kappa shape index (κ3) is 8.02. The van der Waals surface area contributed by atoms with Crippen LogP contribution in [0, 0.1) is 0 Å².